The lowest BCUT2D eigenvalue weighted by atomic mass is 9.74. The number of halogens is 1. The van der Waals surface area contributed by atoms with E-state index in [0.29, 0.717) is 24.9 Å². The second-order valence-electron chi connectivity index (χ2n) is 9.05. The van der Waals surface area contributed by atoms with Crippen LogP contribution in [0, 0.1) is 5.82 Å². The number of nitrogens with zero attached hydrogens (tertiary/aromatic N) is 2. The molecule has 2 aromatic carbocycles. The van der Waals surface area contributed by atoms with Crippen molar-refractivity contribution in [3.8, 4) is 0 Å². The molecule has 3 aromatic rings. The summed E-state index contributed by atoms with van der Waals surface area (Å²) in [6.07, 6.45) is 4.59. The molecule has 0 radical (unpaired) electrons. The van der Waals surface area contributed by atoms with E-state index in [1.807, 2.05) is 30.5 Å². The third kappa shape index (κ3) is 5.05. The fraction of sp³-hybridized carbons (Fsp3) is 0.333. The maximum atomic E-state index is 13.5. The van der Waals surface area contributed by atoms with Gasteiger partial charge in [-0.25, -0.2) is 9.37 Å². The van der Waals surface area contributed by atoms with Crippen LogP contribution in [0.5, 0.6) is 0 Å². The molecular formula is C27H29FN4OS. The van der Waals surface area contributed by atoms with E-state index in [1.165, 1.54) is 23.3 Å². The van der Waals surface area contributed by atoms with Crippen LogP contribution in [-0.2, 0) is 23.1 Å². The molecule has 0 saturated carbocycles. The number of hydrogen-bond donors (Lipinski definition) is 2. The molecule has 1 saturated heterocycles. The van der Waals surface area contributed by atoms with Crippen LogP contribution in [0.25, 0.3) is 0 Å². The number of fused-ring (bicyclic) bond motifs is 1. The summed E-state index contributed by atoms with van der Waals surface area (Å²) in [5, 5.41) is 7.18. The van der Waals surface area contributed by atoms with Crippen molar-refractivity contribution >= 4 is 28.8 Å². The van der Waals surface area contributed by atoms with Crippen LogP contribution in [0.2, 0.25) is 0 Å². The van der Waals surface area contributed by atoms with Crippen molar-refractivity contribution in [1.29, 1.82) is 0 Å². The molecule has 34 heavy (non-hydrogen) atoms. The van der Waals surface area contributed by atoms with Crippen LogP contribution >= 0.6 is 12.2 Å². The lowest BCUT2D eigenvalue weighted by Crippen LogP contribution is -2.45. The second-order valence-corrected chi connectivity index (χ2v) is 9.46. The first-order valence-electron chi connectivity index (χ1n) is 11.8. The number of ether oxygens (including phenoxy) is 1. The Morgan fingerprint density at radius 3 is 2.53 bits per heavy atom. The summed E-state index contributed by atoms with van der Waals surface area (Å²) in [7, 11) is 0. The highest BCUT2D eigenvalue weighted by Gasteiger charge is 2.34. The van der Waals surface area contributed by atoms with Gasteiger partial charge in [0.25, 0.3) is 0 Å². The van der Waals surface area contributed by atoms with Gasteiger partial charge in [0.05, 0.1) is 11.9 Å². The van der Waals surface area contributed by atoms with Crippen LogP contribution in [0.1, 0.15) is 29.5 Å². The molecule has 0 unspecified atom stereocenters. The predicted octanol–water partition coefficient (Wildman–Crippen LogP) is 4.82. The van der Waals surface area contributed by atoms with Crippen molar-refractivity contribution in [3.05, 3.63) is 89.4 Å². The first-order valence-corrected chi connectivity index (χ1v) is 12.2. The quantitative estimate of drug-likeness (QED) is 0.515. The monoisotopic (exact) mass is 476 g/mol. The van der Waals surface area contributed by atoms with Gasteiger partial charge in [-0.15, -0.1) is 0 Å². The fourth-order valence-electron chi connectivity index (χ4n) is 4.90. The van der Waals surface area contributed by atoms with Crippen LogP contribution < -0.4 is 15.5 Å². The van der Waals surface area contributed by atoms with E-state index >= 15 is 0 Å². The van der Waals surface area contributed by atoms with Gasteiger partial charge in [-0.3, -0.25) is 0 Å². The molecule has 0 spiro atoms. The fourth-order valence-corrected chi connectivity index (χ4v) is 5.09. The van der Waals surface area contributed by atoms with E-state index in [1.54, 1.807) is 0 Å². The Kier molecular flexibility index (Phi) is 6.74. The lowest BCUT2D eigenvalue weighted by molar-refractivity contribution is 0.0515. The molecule has 5 nitrogen and oxygen atoms in total. The van der Waals surface area contributed by atoms with Crippen molar-refractivity contribution in [1.82, 2.24) is 10.3 Å². The first-order chi connectivity index (χ1) is 16.6. The Hall–Kier alpha value is -3.03. The van der Waals surface area contributed by atoms with E-state index in [2.05, 4.69) is 44.8 Å². The SMILES string of the molecule is Fc1ccc(C2(CNC(=S)Nc3ccc(N4CCc5ccccc5C4)nc3)CCOCC2)cc1. The van der Waals surface area contributed by atoms with E-state index in [9.17, 15) is 4.39 Å². The summed E-state index contributed by atoms with van der Waals surface area (Å²) in [4.78, 5) is 6.98. The highest BCUT2D eigenvalue weighted by molar-refractivity contribution is 7.80. The molecule has 5 rings (SSSR count). The Morgan fingerprint density at radius 1 is 1.03 bits per heavy atom. The molecule has 0 bridgehead atoms. The molecule has 2 aliphatic rings. The topological polar surface area (TPSA) is 49.4 Å². The predicted molar refractivity (Wildman–Crippen MR) is 138 cm³/mol. The average Bonchev–Trinajstić information content (AvgIpc) is 2.89. The van der Waals surface area contributed by atoms with Gasteiger partial charge in [-0.1, -0.05) is 36.4 Å². The van der Waals surface area contributed by atoms with E-state index < -0.39 is 0 Å². The number of nitrogens with one attached hydrogen (secondary N) is 2. The highest BCUT2D eigenvalue weighted by Crippen LogP contribution is 2.34. The molecule has 2 aliphatic heterocycles. The summed E-state index contributed by atoms with van der Waals surface area (Å²) >= 11 is 5.57. The largest absolute Gasteiger partial charge is 0.381 e. The van der Waals surface area contributed by atoms with Gasteiger partial charge in [0, 0.05) is 38.3 Å². The molecule has 1 aromatic heterocycles. The van der Waals surface area contributed by atoms with Crippen LogP contribution in [0.3, 0.4) is 0 Å². The molecule has 0 amide bonds. The minimum Gasteiger partial charge on any atom is -0.381 e. The van der Waals surface area contributed by atoms with Crippen molar-refractivity contribution < 1.29 is 9.13 Å². The zero-order chi connectivity index (χ0) is 23.4. The third-order valence-corrected chi connectivity index (χ3v) is 7.20. The van der Waals surface area contributed by atoms with E-state index in [4.69, 9.17) is 17.0 Å². The zero-order valence-corrected chi connectivity index (χ0v) is 19.9. The van der Waals surface area contributed by atoms with Gasteiger partial charge in [-0.05, 0) is 72.4 Å². The average molecular weight is 477 g/mol. The summed E-state index contributed by atoms with van der Waals surface area (Å²) in [5.41, 5.74) is 4.62. The highest BCUT2D eigenvalue weighted by atomic mass is 32.1. The number of thiocarbonyl (C=S) groups is 1. The minimum atomic E-state index is -0.221. The van der Waals surface area contributed by atoms with Gasteiger partial charge >= 0.3 is 0 Å². The van der Waals surface area contributed by atoms with Gasteiger partial charge < -0.3 is 20.3 Å². The van der Waals surface area contributed by atoms with Gasteiger partial charge in [0.2, 0.25) is 0 Å². The summed E-state index contributed by atoms with van der Waals surface area (Å²) in [6, 6.07) is 19.5. The Bertz CT molecular complexity index is 1130. The van der Waals surface area contributed by atoms with Crippen LogP contribution in [-0.4, -0.2) is 36.4 Å². The van der Waals surface area contributed by atoms with Crippen molar-refractivity contribution in [2.24, 2.45) is 0 Å². The number of benzene rings is 2. The molecule has 7 heteroatoms. The standard InChI is InChI=1S/C27H29FN4OS/c28-23-7-5-22(6-8-23)27(12-15-33-16-13-27)19-30-26(34)31-24-9-10-25(29-17-24)32-14-11-20-3-1-2-4-21(20)18-32/h1-10,17H,11-16,18-19H2,(H2,30,31,34). The Balaban J connectivity index is 1.19. The minimum absolute atomic E-state index is 0.135. The third-order valence-electron chi connectivity index (χ3n) is 6.95. The second kappa shape index (κ2) is 10.1. The molecule has 0 atom stereocenters. The Morgan fingerprint density at radius 2 is 1.79 bits per heavy atom. The molecule has 176 valence electrons. The summed E-state index contributed by atoms with van der Waals surface area (Å²) < 4.78 is 19.1. The molecule has 0 aliphatic carbocycles. The smallest absolute Gasteiger partial charge is 0.170 e. The van der Waals surface area contributed by atoms with E-state index in [0.717, 1.165) is 49.4 Å². The first kappa shape index (κ1) is 22.7. The number of aromatic nitrogens is 1. The number of hydrogen-bond acceptors (Lipinski definition) is 4. The molecular weight excluding hydrogens is 447 g/mol. The normalized spacial score (nSPS) is 17.0. The van der Waals surface area contributed by atoms with Crippen LogP contribution in [0.4, 0.5) is 15.9 Å². The van der Waals surface area contributed by atoms with Crippen molar-refractivity contribution in [2.75, 3.05) is 36.5 Å². The lowest BCUT2D eigenvalue weighted by Gasteiger charge is -2.38. The van der Waals surface area contributed by atoms with Gasteiger partial charge in [0.15, 0.2) is 5.11 Å². The van der Waals surface area contributed by atoms with Gasteiger partial charge in [0.1, 0.15) is 11.6 Å². The van der Waals surface area contributed by atoms with Crippen molar-refractivity contribution in [3.63, 3.8) is 0 Å². The number of rotatable bonds is 5. The van der Waals surface area contributed by atoms with Crippen LogP contribution in [0.15, 0.2) is 66.9 Å². The summed E-state index contributed by atoms with van der Waals surface area (Å²) in [6.45, 7) is 3.88. The van der Waals surface area contributed by atoms with E-state index in [-0.39, 0.29) is 11.2 Å². The zero-order valence-electron chi connectivity index (χ0n) is 19.1. The molecule has 2 N–H and O–H groups in total. The van der Waals surface area contributed by atoms with Crippen molar-refractivity contribution in [2.45, 2.75) is 31.2 Å². The maximum Gasteiger partial charge on any atom is 0.170 e. The maximum absolute atomic E-state index is 13.5. The molecule has 1 fully saturated rings. The summed E-state index contributed by atoms with van der Waals surface area (Å²) in [5.74, 6) is 0.747. The molecule has 3 heterocycles. The van der Waals surface area contributed by atoms with Gasteiger partial charge in [-0.2, -0.15) is 0 Å². The number of anilines is 2. The number of pyridine rings is 1. The Labute approximate surface area is 205 Å².